The van der Waals surface area contributed by atoms with Gasteiger partial charge in [0.15, 0.2) is 5.60 Å². The van der Waals surface area contributed by atoms with E-state index in [2.05, 4.69) is 31.9 Å². The van der Waals surface area contributed by atoms with Gasteiger partial charge in [-0.2, -0.15) is 0 Å². The lowest BCUT2D eigenvalue weighted by molar-refractivity contribution is -0.172. The Bertz CT molecular complexity index is 2840. The quantitative estimate of drug-likeness (QED) is 0.0285. The Hall–Kier alpha value is -7.89. The zero-order chi connectivity index (χ0) is 50.6. The van der Waals surface area contributed by atoms with Gasteiger partial charge in [0, 0.05) is 47.7 Å². The summed E-state index contributed by atoms with van der Waals surface area (Å²) in [5, 5.41) is 35.5. The van der Waals surface area contributed by atoms with Gasteiger partial charge in [0.05, 0.1) is 67.7 Å². The Morgan fingerprint density at radius 2 is 1.50 bits per heavy atom. The van der Waals surface area contributed by atoms with E-state index in [1.165, 1.54) is 16.7 Å². The van der Waals surface area contributed by atoms with Crippen LogP contribution in [0.4, 0.5) is 4.39 Å². The van der Waals surface area contributed by atoms with Gasteiger partial charge in [0.2, 0.25) is 35.4 Å². The predicted molar refractivity (Wildman–Crippen MR) is 239 cm³/mol. The number of aryl methyl sites for hydroxylation is 1. The van der Waals surface area contributed by atoms with Gasteiger partial charge in [0.1, 0.15) is 18.5 Å². The summed E-state index contributed by atoms with van der Waals surface area (Å²) in [5.41, 5.74) is 0.838. The van der Waals surface area contributed by atoms with E-state index < -0.39 is 121 Å². The first kappa shape index (κ1) is 50.0. The molecule has 8 amide bonds. The van der Waals surface area contributed by atoms with Crippen LogP contribution in [0.5, 0.6) is 0 Å². The molecule has 370 valence electrons. The number of aromatic nitrogens is 2. The van der Waals surface area contributed by atoms with Crippen LogP contribution in [0.2, 0.25) is 0 Å². The fourth-order valence-corrected chi connectivity index (χ4v) is 8.99. The highest BCUT2D eigenvalue weighted by atomic mass is 19.1. The lowest BCUT2D eigenvalue weighted by Crippen LogP contribution is -2.50. The zero-order valence-electron chi connectivity index (χ0n) is 38.1. The number of fused-ring (bicyclic) bond motifs is 5. The molecule has 0 fully saturated rings. The molecule has 24 heteroatoms. The minimum Gasteiger partial charge on any atom is -0.481 e. The summed E-state index contributed by atoms with van der Waals surface area (Å²) in [6.07, 6.45) is 3.27. The molecule has 23 nitrogen and oxygen atoms in total. The molecule has 0 radical (unpaired) electrons. The number of cyclic esters (lactones) is 1. The zero-order valence-corrected chi connectivity index (χ0v) is 38.1. The topological polar surface area (TPSA) is 331 Å². The standard InChI is InChI=1S/C46H50FN9O14/c1-3-46(69)26-13-31-42-24(20-56(31)44(67)25(26)21-70-45(46)68)41-28(9-8-23-22(2)27(47)14-29(54-42)40(23)41)52-36(61)19-50-34(59)17-48-33(58)16-49-35(60)18-51-43(66)30(15-39(64)65)53-32(57)7-5-4-6-12-55-37(62)10-11-38(55)63/h10-11,13-14,28,30,69H,3-9,12,15-21H2,1-2H3,(H,48,58)(H,49,60)(H,50,59)(H,51,66)(H,52,61)(H,53,57)(H,64,65)/t28?,30-,46-/m0/s1. The number of benzene rings is 1. The molecular formula is C46H50FN9O14. The van der Waals surface area contributed by atoms with Crippen LogP contribution in [0.3, 0.4) is 0 Å². The number of carbonyl (C=O) groups excluding carboxylic acids is 9. The summed E-state index contributed by atoms with van der Waals surface area (Å²) in [5.74, 6) is -8.29. The highest BCUT2D eigenvalue weighted by molar-refractivity contribution is 6.12. The molecule has 1 aliphatic carbocycles. The molecule has 1 aromatic carbocycles. The minimum absolute atomic E-state index is 0.0205. The first-order valence-corrected chi connectivity index (χ1v) is 22.5. The molecule has 7 rings (SSSR count). The summed E-state index contributed by atoms with van der Waals surface area (Å²) in [4.78, 5) is 143. The maximum atomic E-state index is 15.3. The van der Waals surface area contributed by atoms with Crippen molar-refractivity contribution in [3.63, 3.8) is 0 Å². The minimum atomic E-state index is -2.07. The Kier molecular flexibility index (Phi) is 14.8. The van der Waals surface area contributed by atoms with Crippen LogP contribution >= 0.6 is 0 Å². The van der Waals surface area contributed by atoms with Crippen molar-refractivity contribution in [1.29, 1.82) is 0 Å². The summed E-state index contributed by atoms with van der Waals surface area (Å²) in [6.45, 7) is 0.648. The summed E-state index contributed by atoms with van der Waals surface area (Å²) in [7, 11) is 0. The number of ether oxygens (including phenoxy) is 1. The highest BCUT2D eigenvalue weighted by Gasteiger charge is 2.46. The number of esters is 1. The largest absolute Gasteiger partial charge is 0.481 e. The normalized spacial score (nSPS) is 17.7. The third-order valence-electron chi connectivity index (χ3n) is 12.7. The molecule has 5 heterocycles. The van der Waals surface area contributed by atoms with E-state index in [9.17, 15) is 63.0 Å². The molecule has 3 aromatic rings. The Morgan fingerprint density at radius 1 is 0.857 bits per heavy atom. The number of hydrogen-bond acceptors (Lipinski definition) is 14. The second kappa shape index (κ2) is 20.8. The van der Waals surface area contributed by atoms with Crippen LogP contribution in [-0.4, -0.2) is 123 Å². The van der Waals surface area contributed by atoms with Crippen LogP contribution in [-0.2, 0) is 77.9 Å². The Labute approximate surface area is 396 Å². The first-order valence-electron chi connectivity index (χ1n) is 22.5. The van der Waals surface area contributed by atoms with Gasteiger partial charge < -0.3 is 51.4 Å². The molecule has 4 aliphatic rings. The van der Waals surface area contributed by atoms with Crippen molar-refractivity contribution in [3.05, 3.63) is 73.8 Å². The van der Waals surface area contributed by atoms with Crippen LogP contribution in [0.25, 0.3) is 22.3 Å². The van der Waals surface area contributed by atoms with Crippen molar-refractivity contribution >= 4 is 70.1 Å². The molecular weight excluding hydrogens is 922 g/mol. The van der Waals surface area contributed by atoms with E-state index in [-0.39, 0.29) is 49.2 Å². The van der Waals surface area contributed by atoms with Gasteiger partial charge in [-0.1, -0.05) is 13.3 Å². The Morgan fingerprint density at radius 3 is 2.14 bits per heavy atom. The monoisotopic (exact) mass is 971 g/mol. The smallest absolute Gasteiger partial charge is 0.343 e. The Balaban J connectivity index is 0.875. The number of carbonyl (C=O) groups is 10. The number of hydrogen-bond donors (Lipinski definition) is 8. The van der Waals surface area contributed by atoms with E-state index in [1.807, 2.05) is 0 Å². The molecule has 3 aliphatic heterocycles. The number of imide groups is 1. The maximum Gasteiger partial charge on any atom is 0.343 e. The van der Waals surface area contributed by atoms with Crippen LogP contribution < -0.4 is 37.5 Å². The maximum absolute atomic E-state index is 15.3. The SMILES string of the molecule is CC[C@@]1(O)C(=O)OCc2c1cc1n(c2=O)Cc2c-1nc1cc(F)c(C)c3c1c2C(NC(=O)CNC(=O)CNC(=O)CNC(=O)CNC(=O)[C@H](CC(=O)O)NC(=O)CCCCCN1C(=O)C=CC1=O)CC3. The molecule has 3 atom stereocenters. The van der Waals surface area contributed by atoms with E-state index in [0.717, 1.165) is 17.1 Å². The van der Waals surface area contributed by atoms with Gasteiger partial charge >= 0.3 is 11.9 Å². The molecule has 0 saturated heterocycles. The number of nitrogens with one attached hydrogen (secondary N) is 6. The van der Waals surface area contributed by atoms with E-state index in [4.69, 9.17) is 9.72 Å². The number of aliphatic carboxylic acids is 1. The number of unbranched alkanes of at least 4 members (excludes halogenated alkanes) is 2. The number of nitrogens with zero attached hydrogens (tertiary/aromatic N) is 3. The van der Waals surface area contributed by atoms with E-state index in [0.29, 0.717) is 71.1 Å². The van der Waals surface area contributed by atoms with Crippen molar-refractivity contribution in [2.45, 2.75) is 96.1 Å². The molecule has 70 heavy (non-hydrogen) atoms. The average Bonchev–Trinajstić information content (AvgIpc) is 3.86. The third kappa shape index (κ3) is 10.4. The molecule has 2 aromatic heterocycles. The van der Waals surface area contributed by atoms with Crippen molar-refractivity contribution in [2.24, 2.45) is 0 Å². The lowest BCUT2D eigenvalue weighted by atomic mass is 9.81. The number of amides is 8. The van der Waals surface area contributed by atoms with Crippen molar-refractivity contribution in [1.82, 2.24) is 46.4 Å². The molecule has 0 bridgehead atoms. The van der Waals surface area contributed by atoms with E-state index in [1.54, 1.807) is 13.8 Å². The third-order valence-corrected chi connectivity index (χ3v) is 12.7. The van der Waals surface area contributed by atoms with Gasteiger partial charge in [-0.05, 0) is 61.8 Å². The van der Waals surface area contributed by atoms with Gasteiger partial charge in [-0.25, -0.2) is 14.2 Å². The van der Waals surface area contributed by atoms with Crippen molar-refractivity contribution in [3.8, 4) is 11.4 Å². The van der Waals surface area contributed by atoms with Crippen LogP contribution in [0.15, 0.2) is 29.1 Å². The molecule has 8 N–H and O–H groups in total. The molecule has 0 spiro atoms. The molecule has 0 saturated carbocycles. The number of carboxylic acid groups (broad SMARTS) is 1. The number of aliphatic hydroxyl groups is 1. The number of halogens is 1. The van der Waals surface area contributed by atoms with Gasteiger partial charge in [-0.15, -0.1) is 0 Å². The van der Waals surface area contributed by atoms with Gasteiger partial charge in [-0.3, -0.25) is 52.8 Å². The van der Waals surface area contributed by atoms with Crippen LogP contribution in [0.1, 0.15) is 91.3 Å². The summed E-state index contributed by atoms with van der Waals surface area (Å²) in [6, 6.07) is 0.611. The fourth-order valence-electron chi connectivity index (χ4n) is 8.99. The van der Waals surface area contributed by atoms with Crippen LogP contribution in [0, 0.1) is 12.7 Å². The average molecular weight is 972 g/mol. The number of rotatable bonds is 20. The lowest BCUT2D eigenvalue weighted by Gasteiger charge is -2.31. The van der Waals surface area contributed by atoms with Gasteiger partial charge in [0.25, 0.3) is 17.4 Å². The number of carboxylic acids is 1. The first-order chi connectivity index (χ1) is 33.3. The van der Waals surface area contributed by atoms with Crippen molar-refractivity contribution in [2.75, 3.05) is 32.7 Å². The second-order valence-electron chi connectivity index (χ2n) is 17.2. The summed E-state index contributed by atoms with van der Waals surface area (Å²) < 4.78 is 21.9. The number of pyridine rings is 2. The second-order valence-corrected chi connectivity index (χ2v) is 17.2. The summed E-state index contributed by atoms with van der Waals surface area (Å²) >= 11 is 0. The predicted octanol–water partition coefficient (Wildman–Crippen LogP) is -1.46. The molecule has 1 unspecified atom stereocenters. The van der Waals surface area contributed by atoms with Crippen molar-refractivity contribution < 1.29 is 67.3 Å². The fraction of sp³-hybridized carbons (Fsp3) is 0.435. The van der Waals surface area contributed by atoms with E-state index >= 15 is 4.39 Å². The highest BCUT2D eigenvalue weighted by Crippen LogP contribution is 2.46.